The third-order valence-corrected chi connectivity index (χ3v) is 5.61. The maximum atomic E-state index is 13.2. The van der Waals surface area contributed by atoms with Crippen LogP contribution < -0.4 is 15.5 Å². The van der Waals surface area contributed by atoms with Gasteiger partial charge >= 0.3 is 12.3 Å². The number of alkyl carbamates (subject to hydrolysis) is 1. The summed E-state index contributed by atoms with van der Waals surface area (Å²) in [6, 6.07) is 2.27. The summed E-state index contributed by atoms with van der Waals surface area (Å²) in [5, 5.41) is 5.25. The highest BCUT2D eigenvalue weighted by Crippen LogP contribution is 2.37. The SMILES string of the molecule is C[C@@H](C(=O)N1CC(=O)Nc2cc(C(F)(F)F)ccc21)N1CCC(NC(=O)OC(C)(C)C)CC1. The normalized spacial score (nSPS) is 18.9. The lowest BCUT2D eigenvalue weighted by molar-refractivity contribution is -0.137. The third kappa shape index (κ3) is 6.16. The molecule has 1 aromatic carbocycles. The minimum Gasteiger partial charge on any atom is -0.444 e. The van der Waals surface area contributed by atoms with Crippen molar-refractivity contribution in [2.45, 2.75) is 64.4 Å². The Balaban J connectivity index is 1.64. The molecule has 2 heterocycles. The van der Waals surface area contributed by atoms with E-state index in [4.69, 9.17) is 4.74 Å². The van der Waals surface area contributed by atoms with Gasteiger partial charge in [0.05, 0.1) is 23.0 Å². The van der Waals surface area contributed by atoms with Gasteiger partial charge in [0.2, 0.25) is 11.8 Å². The molecule has 0 unspecified atom stereocenters. The molecule has 3 amide bonds. The van der Waals surface area contributed by atoms with Crippen LogP contribution in [0, 0.1) is 0 Å². The van der Waals surface area contributed by atoms with E-state index in [-0.39, 0.29) is 29.9 Å². The fourth-order valence-electron chi connectivity index (χ4n) is 3.95. The van der Waals surface area contributed by atoms with E-state index in [0.717, 1.165) is 12.1 Å². The molecule has 0 saturated carbocycles. The van der Waals surface area contributed by atoms with Crippen LogP contribution in [0.2, 0.25) is 0 Å². The van der Waals surface area contributed by atoms with E-state index in [9.17, 15) is 27.6 Å². The Labute approximate surface area is 190 Å². The van der Waals surface area contributed by atoms with E-state index in [0.29, 0.717) is 25.9 Å². The molecule has 1 atom stereocenters. The van der Waals surface area contributed by atoms with Gasteiger partial charge in [-0.1, -0.05) is 0 Å². The van der Waals surface area contributed by atoms with Crippen LogP contribution in [0.1, 0.15) is 46.1 Å². The van der Waals surface area contributed by atoms with Crippen LogP contribution in [0.25, 0.3) is 0 Å². The van der Waals surface area contributed by atoms with Crippen molar-refractivity contribution in [3.8, 4) is 0 Å². The molecule has 2 aliphatic rings. The smallest absolute Gasteiger partial charge is 0.416 e. The van der Waals surface area contributed by atoms with Crippen LogP contribution in [-0.4, -0.2) is 60.1 Å². The van der Waals surface area contributed by atoms with Crippen LogP contribution in [0.15, 0.2) is 18.2 Å². The molecule has 1 aromatic rings. The Bertz CT molecular complexity index is 921. The van der Waals surface area contributed by atoms with Gasteiger partial charge in [0, 0.05) is 19.1 Å². The molecule has 182 valence electrons. The van der Waals surface area contributed by atoms with E-state index in [1.165, 1.54) is 11.0 Å². The number of amides is 3. The quantitative estimate of drug-likeness (QED) is 0.707. The zero-order chi connectivity index (χ0) is 24.6. The molecule has 2 aliphatic heterocycles. The average molecular weight is 470 g/mol. The van der Waals surface area contributed by atoms with Crippen molar-refractivity contribution >= 4 is 29.3 Å². The monoisotopic (exact) mass is 470 g/mol. The van der Waals surface area contributed by atoms with Crippen LogP contribution in [-0.2, 0) is 20.5 Å². The van der Waals surface area contributed by atoms with E-state index in [2.05, 4.69) is 10.6 Å². The molecule has 0 radical (unpaired) electrons. The number of nitrogens with one attached hydrogen (secondary N) is 2. The van der Waals surface area contributed by atoms with Crippen molar-refractivity contribution in [1.82, 2.24) is 10.2 Å². The number of nitrogens with zero attached hydrogens (tertiary/aromatic N) is 2. The third-order valence-electron chi connectivity index (χ3n) is 5.61. The Hall–Kier alpha value is -2.82. The van der Waals surface area contributed by atoms with Crippen molar-refractivity contribution in [3.05, 3.63) is 23.8 Å². The molecule has 2 N–H and O–H groups in total. The molecule has 11 heteroatoms. The number of fused-ring (bicyclic) bond motifs is 1. The van der Waals surface area contributed by atoms with Gasteiger partial charge in [-0.25, -0.2) is 4.79 Å². The van der Waals surface area contributed by atoms with Crippen molar-refractivity contribution in [2.75, 3.05) is 29.9 Å². The first kappa shape index (κ1) is 24.8. The van der Waals surface area contributed by atoms with Crippen LogP contribution in [0.3, 0.4) is 0 Å². The minimum atomic E-state index is -4.56. The number of hydrogen-bond donors (Lipinski definition) is 2. The number of halogens is 3. The highest BCUT2D eigenvalue weighted by molar-refractivity contribution is 6.11. The molecule has 1 fully saturated rings. The maximum absolute atomic E-state index is 13.2. The largest absolute Gasteiger partial charge is 0.444 e. The summed E-state index contributed by atoms with van der Waals surface area (Å²) in [5.41, 5.74) is -1.30. The minimum absolute atomic E-state index is 0.0399. The Morgan fingerprint density at radius 1 is 1.18 bits per heavy atom. The van der Waals surface area contributed by atoms with Gasteiger partial charge in [-0.3, -0.25) is 19.4 Å². The highest BCUT2D eigenvalue weighted by Gasteiger charge is 2.37. The molecule has 3 rings (SSSR count). The first-order valence-corrected chi connectivity index (χ1v) is 10.8. The van der Waals surface area contributed by atoms with Gasteiger partial charge in [-0.2, -0.15) is 13.2 Å². The lowest BCUT2D eigenvalue weighted by Gasteiger charge is -2.38. The van der Waals surface area contributed by atoms with Gasteiger partial charge in [0.1, 0.15) is 12.1 Å². The van der Waals surface area contributed by atoms with Crippen molar-refractivity contribution in [1.29, 1.82) is 0 Å². The van der Waals surface area contributed by atoms with Gasteiger partial charge in [0.25, 0.3) is 0 Å². The summed E-state index contributed by atoms with van der Waals surface area (Å²) in [5.74, 6) is -0.924. The van der Waals surface area contributed by atoms with Crippen LogP contribution in [0.5, 0.6) is 0 Å². The second-order valence-electron chi connectivity index (χ2n) is 9.33. The Morgan fingerprint density at radius 3 is 2.39 bits per heavy atom. The number of carbonyl (C=O) groups is 3. The first-order chi connectivity index (χ1) is 15.2. The van der Waals surface area contributed by atoms with Crippen molar-refractivity contribution in [2.24, 2.45) is 0 Å². The van der Waals surface area contributed by atoms with E-state index in [1.807, 2.05) is 4.90 Å². The Kier molecular flexibility index (Phi) is 6.92. The summed E-state index contributed by atoms with van der Waals surface area (Å²) in [6.45, 7) is 7.86. The predicted molar refractivity (Wildman–Crippen MR) is 116 cm³/mol. The Morgan fingerprint density at radius 2 is 1.82 bits per heavy atom. The lowest BCUT2D eigenvalue weighted by atomic mass is 10.0. The molecular formula is C22H29F3N4O4. The van der Waals surface area contributed by atoms with E-state index < -0.39 is 35.4 Å². The molecule has 0 aromatic heterocycles. The topological polar surface area (TPSA) is 91.0 Å². The van der Waals surface area contributed by atoms with Gasteiger partial charge in [-0.05, 0) is 58.7 Å². The summed E-state index contributed by atoms with van der Waals surface area (Å²) < 4.78 is 44.4. The number of alkyl halides is 3. The summed E-state index contributed by atoms with van der Waals surface area (Å²) in [7, 11) is 0. The second-order valence-corrected chi connectivity index (χ2v) is 9.33. The van der Waals surface area contributed by atoms with Gasteiger partial charge < -0.3 is 15.4 Å². The molecule has 1 saturated heterocycles. The van der Waals surface area contributed by atoms with Gasteiger partial charge in [0.15, 0.2) is 0 Å². The van der Waals surface area contributed by atoms with E-state index >= 15 is 0 Å². The van der Waals surface area contributed by atoms with Crippen molar-refractivity contribution in [3.63, 3.8) is 0 Å². The molecule has 0 bridgehead atoms. The molecule has 0 aliphatic carbocycles. The van der Waals surface area contributed by atoms with E-state index in [1.54, 1.807) is 27.7 Å². The van der Waals surface area contributed by atoms with Crippen LogP contribution >= 0.6 is 0 Å². The van der Waals surface area contributed by atoms with Crippen LogP contribution in [0.4, 0.5) is 29.3 Å². The first-order valence-electron chi connectivity index (χ1n) is 10.8. The predicted octanol–water partition coefficient (Wildman–Crippen LogP) is 3.37. The number of carbonyl (C=O) groups excluding carboxylic acids is 3. The maximum Gasteiger partial charge on any atom is 0.416 e. The number of likely N-dealkylation sites (tertiary alicyclic amines) is 1. The second kappa shape index (κ2) is 9.20. The summed E-state index contributed by atoms with van der Waals surface area (Å²) in [6.07, 6.45) is -3.82. The highest BCUT2D eigenvalue weighted by atomic mass is 19.4. The number of rotatable bonds is 3. The zero-order valence-electron chi connectivity index (χ0n) is 19.1. The molecule has 33 heavy (non-hydrogen) atoms. The number of ether oxygens (including phenoxy) is 1. The molecule has 8 nitrogen and oxygen atoms in total. The average Bonchev–Trinajstić information content (AvgIpc) is 2.70. The standard InChI is InChI=1S/C22H29F3N4O4/c1-13(28-9-7-15(8-10-28)26-20(32)33-21(2,3)4)19(31)29-12-18(30)27-16-11-14(22(23,24)25)5-6-17(16)29/h5-6,11,13,15H,7-10,12H2,1-4H3,(H,26,32)(H,27,30)/t13-/m0/s1. The number of hydrogen-bond acceptors (Lipinski definition) is 5. The number of piperidine rings is 1. The zero-order valence-corrected chi connectivity index (χ0v) is 19.1. The summed E-state index contributed by atoms with van der Waals surface area (Å²) >= 11 is 0. The fraction of sp³-hybridized carbons (Fsp3) is 0.591. The van der Waals surface area contributed by atoms with Gasteiger partial charge in [-0.15, -0.1) is 0 Å². The number of anilines is 2. The molecular weight excluding hydrogens is 441 g/mol. The number of benzene rings is 1. The fourth-order valence-corrected chi connectivity index (χ4v) is 3.95. The summed E-state index contributed by atoms with van der Waals surface area (Å²) in [4.78, 5) is 40.4. The van der Waals surface area contributed by atoms with Crippen molar-refractivity contribution < 1.29 is 32.3 Å². The lowest BCUT2D eigenvalue weighted by Crippen LogP contribution is -2.54. The molecule has 0 spiro atoms.